The third-order valence-electron chi connectivity index (χ3n) is 3.60. The van der Waals surface area contributed by atoms with E-state index in [4.69, 9.17) is 0 Å². The van der Waals surface area contributed by atoms with Gasteiger partial charge in [0.2, 0.25) is 10.0 Å². The molecule has 0 bridgehead atoms. The van der Waals surface area contributed by atoms with Gasteiger partial charge in [-0.1, -0.05) is 36.4 Å². The second-order valence-electron chi connectivity index (χ2n) is 5.45. The summed E-state index contributed by atoms with van der Waals surface area (Å²) in [4.78, 5) is 16.4. The molecule has 2 N–H and O–H groups in total. The largest absolute Gasteiger partial charge is 0.346 e. The number of amides is 1. The molecule has 0 spiro atoms. The van der Waals surface area contributed by atoms with Crippen LogP contribution in [0, 0.1) is 0 Å². The monoisotopic (exact) mass is 387 g/mol. The van der Waals surface area contributed by atoms with Gasteiger partial charge in [-0.05, 0) is 23.8 Å². The molecule has 1 aromatic heterocycles. The van der Waals surface area contributed by atoms with Crippen LogP contribution >= 0.6 is 11.3 Å². The Labute approximate surface area is 156 Å². The number of thiazole rings is 1. The summed E-state index contributed by atoms with van der Waals surface area (Å²) in [5.41, 5.74) is 1.14. The van der Waals surface area contributed by atoms with Crippen LogP contribution in [0.1, 0.15) is 20.9 Å². The van der Waals surface area contributed by atoms with E-state index in [2.05, 4.69) is 15.0 Å². The van der Waals surface area contributed by atoms with Crippen LogP contribution < -0.4 is 10.0 Å². The van der Waals surface area contributed by atoms with Gasteiger partial charge >= 0.3 is 0 Å². The van der Waals surface area contributed by atoms with Gasteiger partial charge < -0.3 is 5.32 Å². The molecule has 0 saturated heterocycles. The first-order valence-electron chi connectivity index (χ1n) is 7.85. The molecule has 0 saturated carbocycles. The Kier molecular flexibility index (Phi) is 5.77. The minimum absolute atomic E-state index is 0.0512. The van der Waals surface area contributed by atoms with E-state index in [9.17, 15) is 13.2 Å². The Morgan fingerprint density at radius 1 is 1.04 bits per heavy atom. The van der Waals surface area contributed by atoms with Crippen LogP contribution in [-0.4, -0.2) is 19.3 Å². The summed E-state index contributed by atoms with van der Waals surface area (Å²) in [6, 6.07) is 15.2. The van der Waals surface area contributed by atoms with E-state index in [0.29, 0.717) is 6.54 Å². The van der Waals surface area contributed by atoms with Crippen LogP contribution in [0.2, 0.25) is 0 Å². The smallest absolute Gasteiger partial charge is 0.251 e. The van der Waals surface area contributed by atoms with Gasteiger partial charge in [0.1, 0.15) is 5.01 Å². The molecule has 0 atom stereocenters. The van der Waals surface area contributed by atoms with Crippen molar-refractivity contribution in [1.82, 2.24) is 15.0 Å². The fourth-order valence-corrected chi connectivity index (χ4v) is 3.88. The molecule has 0 unspecified atom stereocenters. The van der Waals surface area contributed by atoms with E-state index in [1.807, 2.05) is 35.7 Å². The van der Waals surface area contributed by atoms with Gasteiger partial charge in [0.05, 0.1) is 11.4 Å². The van der Waals surface area contributed by atoms with Crippen molar-refractivity contribution in [2.24, 2.45) is 0 Å². The molecule has 26 heavy (non-hydrogen) atoms. The number of nitrogens with one attached hydrogen (secondary N) is 2. The van der Waals surface area contributed by atoms with Crippen LogP contribution in [0.3, 0.4) is 0 Å². The summed E-state index contributed by atoms with van der Waals surface area (Å²) in [6.45, 7) is 0.489. The van der Waals surface area contributed by atoms with Gasteiger partial charge in [-0.25, -0.2) is 18.1 Å². The maximum atomic E-state index is 12.5. The fraction of sp³-hybridized carbons (Fsp3) is 0.111. The molecule has 0 radical (unpaired) electrons. The van der Waals surface area contributed by atoms with Crippen molar-refractivity contribution in [3.05, 3.63) is 82.3 Å². The number of aromatic nitrogens is 1. The van der Waals surface area contributed by atoms with Gasteiger partial charge in [0, 0.05) is 23.7 Å². The Bertz CT molecular complexity index is 972. The predicted octanol–water partition coefficient (Wildman–Crippen LogP) is 2.55. The van der Waals surface area contributed by atoms with Crippen LogP contribution in [-0.2, 0) is 23.1 Å². The lowest BCUT2D eigenvalue weighted by Gasteiger charge is -2.09. The molecule has 0 fully saturated rings. The lowest BCUT2D eigenvalue weighted by molar-refractivity contribution is 0.0950. The fourth-order valence-electron chi connectivity index (χ4n) is 2.26. The van der Waals surface area contributed by atoms with Gasteiger partial charge in [-0.2, -0.15) is 0 Å². The minimum atomic E-state index is -3.71. The number of carbonyl (C=O) groups excluding carboxylic acids is 1. The minimum Gasteiger partial charge on any atom is -0.346 e. The first kappa shape index (κ1) is 18.2. The lowest BCUT2D eigenvalue weighted by Crippen LogP contribution is -2.25. The van der Waals surface area contributed by atoms with E-state index >= 15 is 0 Å². The second-order valence-corrected chi connectivity index (χ2v) is 8.19. The summed E-state index contributed by atoms with van der Waals surface area (Å²) in [7, 11) is -3.71. The molecule has 0 aliphatic heterocycles. The van der Waals surface area contributed by atoms with Crippen molar-refractivity contribution in [2.75, 3.05) is 0 Å². The highest BCUT2D eigenvalue weighted by atomic mass is 32.2. The highest BCUT2D eigenvalue weighted by Crippen LogP contribution is 2.13. The average molecular weight is 387 g/mol. The molecule has 0 aliphatic carbocycles. The summed E-state index contributed by atoms with van der Waals surface area (Å²) in [5, 5.41) is 5.34. The van der Waals surface area contributed by atoms with Gasteiger partial charge in [-0.15, -0.1) is 11.3 Å². The maximum absolute atomic E-state index is 12.5. The highest BCUT2D eigenvalue weighted by Gasteiger charge is 2.16. The van der Waals surface area contributed by atoms with Crippen molar-refractivity contribution in [1.29, 1.82) is 0 Å². The molecule has 6 nitrogen and oxygen atoms in total. The van der Waals surface area contributed by atoms with Crippen molar-refractivity contribution in [3.63, 3.8) is 0 Å². The molecule has 1 heterocycles. The Hall–Kier alpha value is -2.55. The number of carbonyl (C=O) groups is 1. The zero-order valence-corrected chi connectivity index (χ0v) is 15.4. The first-order valence-corrected chi connectivity index (χ1v) is 10.2. The van der Waals surface area contributed by atoms with E-state index < -0.39 is 10.0 Å². The quantitative estimate of drug-likeness (QED) is 0.652. The second kappa shape index (κ2) is 8.22. The number of nitrogens with zero attached hydrogens (tertiary/aromatic N) is 1. The number of benzene rings is 2. The van der Waals surface area contributed by atoms with Crippen LogP contribution in [0.5, 0.6) is 0 Å². The van der Waals surface area contributed by atoms with Crippen LogP contribution in [0.15, 0.2) is 71.1 Å². The summed E-state index contributed by atoms with van der Waals surface area (Å²) in [5.74, 6) is -0.347. The zero-order chi connectivity index (χ0) is 18.4. The standard InChI is InChI=1S/C18H17N3O3S2/c22-18(20-13-17-19-9-10-25-17)15-7-4-8-16(11-15)26(23,24)21-12-14-5-2-1-3-6-14/h1-11,21H,12-13H2,(H,20,22). The molecular weight excluding hydrogens is 370 g/mol. The van der Waals surface area contributed by atoms with E-state index in [1.54, 1.807) is 18.3 Å². The number of sulfonamides is 1. The normalized spacial score (nSPS) is 11.2. The third kappa shape index (κ3) is 4.75. The van der Waals surface area contributed by atoms with Crippen LogP contribution in [0.4, 0.5) is 0 Å². The Morgan fingerprint density at radius 3 is 2.58 bits per heavy atom. The van der Waals surface area contributed by atoms with Crippen molar-refractivity contribution in [3.8, 4) is 0 Å². The lowest BCUT2D eigenvalue weighted by atomic mass is 10.2. The van der Waals surface area contributed by atoms with Crippen molar-refractivity contribution in [2.45, 2.75) is 18.0 Å². The molecular formula is C18H17N3O3S2. The number of rotatable bonds is 7. The molecule has 0 aliphatic rings. The van der Waals surface area contributed by atoms with E-state index in [-0.39, 0.29) is 22.9 Å². The predicted molar refractivity (Wildman–Crippen MR) is 100 cm³/mol. The summed E-state index contributed by atoms with van der Waals surface area (Å²) in [6.07, 6.45) is 1.66. The Morgan fingerprint density at radius 2 is 1.85 bits per heavy atom. The van der Waals surface area contributed by atoms with E-state index in [1.165, 1.54) is 23.5 Å². The zero-order valence-electron chi connectivity index (χ0n) is 13.8. The number of hydrogen-bond acceptors (Lipinski definition) is 5. The molecule has 134 valence electrons. The van der Waals surface area contributed by atoms with Gasteiger partial charge in [-0.3, -0.25) is 4.79 Å². The molecule has 8 heteroatoms. The van der Waals surface area contributed by atoms with Crippen LogP contribution in [0.25, 0.3) is 0 Å². The third-order valence-corrected chi connectivity index (χ3v) is 5.78. The molecule has 3 aromatic rings. The van der Waals surface area contributed by atoms with Crippen molar-refractivity contribution < 1.29 is 13.2 Å². The van der Waals surface area contributed by atoms with E-state index in [0.717, 1.165) is 10.6 Å². The number of hydrogen-bond donors (Lipinski definition) is 2. The van der Waals surface area contributed by atoms with Gasteiger partial charge in [0.25, 0.3) is 5.91 Å². The highest BCUT2D eigenvalue weighted by molar-refractivity contribution is 7.89. The molecule has 2 aromatic carbocycles. The topological polar surface area (TPSA) is 88.2 Å². The molecule has 1 amide bonds. The Balaban J connectivity index is 1.68. The molecule has 3 rings (SSSR count). The van der Waals surface area contributed by atoms with Gasteiger partial charge in [0.15, 0.2) is 0 Å². The summed E-state index contributed by atoms with van der Waals surface area (Å²) >= 11 is 1.44. The average Bonchev–Trinajstić information content (AvgIpc) is 3.19. The SMILES string of the molecule is O=C(NCc1nccs1)c1cccc(S(=O)(=O)NCc2ccccc2)c1. The maximum Gasteiger partial charge on any atom is 0.251 e. The first-order chi connectivity index (χ1) is 12.5. The summed E-state index contributed by atoms with van der Waals surface area (Å²) < 4.78 is 27.5. The van der Waals surface area contributed by atoms with Crippen molar-refractivity contribution >= 4 is 27.3 Å².